The Morgan fingerprint density at radius 3 is 2.05 bits per heavy atom. The third kappa shape index (κ3) is 4.00. The molecule has 0 saturated carbocycles. The predicted molar refractivity (Wildman–Crippen MR) is 87.3 cm³/mol. The summed E-state index contributed by atoms with van der Waals surface area (Å²) in [6.45, 7) is 2.14. The zero-order chi connectivity index (χ0) is 15.9. The SMILES string of the molecule is CCCc1c(OC)cc(CCc2cccc(F)c2)cc1OC. The minimum Gasteiger partial charge on any atom is -0.496 e. The van der Waals surface area contributed by atoms with E-state index in [1.165, 1.54) is 6.07 Å². The van der Waals surface area contributed by atoms with Crippen LogP contribution in [-0.2, 0) is 19.3 Å². The highest BCUT2D eigenvalue weighted by atomic mass is 19.1. The maximum Gasteiger partial charge on any atom is 0.126 e. The number of benzene rings is 2. The van der Waals surface area contributed by atoms with Crippen LogP contribution in [0.3, 0.4) is 0 Å². The van der Waals surface area contributed by atoms with Gasteiger partial charge in [-0.15, -0.1) is 0 Å². The quantitative estimate of drug-likeness (QED) is 0.745. The Morgan fingerprint density at radius 1 is 0.864 bits per heavy atom. The molecule has 2 aromatic rings. The molecule has 0 unspecified atom stereocenters. The topological polar surface area (TPSA) is 18.5 Å². The van der Waals surface area contributed by atoms with Crippen LogP contribution in [0.15, 0.2) is 36.4 Å². The van der Waals surface area contributed by atoms with E-state index in [2.05, 4.69) is 19.1 Å². The van der Waals surface area contributed by atoms with Gasteiger partial charge in [-0.25, -0.2) is 4.39 Å². The highest BCUT2D eigenvalue weighted by Gasteiger charge is 2.12. The summed E-state index contributed by atoms with van der Waals surface area (Å²) >= 11 is 0. The molecule has 118 valence electrons. The predicted octanol–water partition coefficient (Wildman–Crippen LogP) is 4.58. The first-order chi connectivity index (χ1) is 10.7. The summed E-state index contributed by atoms with van der Waals surface area (Å²) in [5.74, 6) is 1.55. The van der Waals surface area contributed by atoms with Crippen molar-refractivity contribution in [2.75, 3.05) is 14.2 Å². The molecule has 0 amide bonds. The van der Waals surface area contributed by atoms with Gasteiger partial charge in [0.25, 0.3) is 0 Å². The lowest BCUT2D eigenvalue weighted by atomic mass is 10.00. The fourth-order valence-electron chi connectivity index (χ4n) is 2.66. The second kappa shape index (κ2) is 7.83. The number of ether oxygens (including phenoxy) is 2. The fraction of sp³-hybridized carbons (Fsp3) is 0.368. The van der Waals surface area contributed by atoms with Crippen molar-refractivity contribution in [1.82, 2.24) is 0 Å². The van der Waals surface area contributed by atoms with Gasteiger partial charge in [-0.05, 0) is 54.7 Å². The van der Waals surface area contributed by atoms with E-state index in [0.717, 1.165) is 53.9 Å². The van der Waals surface area contributed by atoms with Crippen molar-refractivity contribution in [2.24, 2.45) is 0 Å². The molecule has 0 atom stereocenters. The summed E-state index contributed by atoms with van der Waals surface area (Å²) in [4.78, 5) is 0. The molecule has 2 aromatic carbocycles. The number of aryl methyl sites for hydroxylation is 2. The van der Waals surface area contributed by atoms with Gasteiger partial charge in [-0.1, -0.05) is 25.5 Å². The Bertz CT molecular complexity index is 598. The lowest BCUT2D eigenvalue weighted by Crippen LogP contribution is -2.00. The molecule has 2 nitrogen and oxygen atoms in total. The molecule has 0 saturated heterocycles. The van der Waals surface area contributed by atoms with Gasteiger partial charge in [0.1, 0.15) is 17.3 Å². The molecule has 0 aliphatic carbocycles. The van der Waals surface area contributed by atoms with Gasteiger partial charge in [0.2, 0.25) is 0 Å². The lowest BCUT2D eigenvalue weighted by molar-refractivity contribution is 0.384. The normalized spacial score (nSPS) is 10.5. The molecule has 2 rings (SSSR count). The molecule has 0 spiro atoms. The molecule has 0 aliphatic rings. The number of rotatable bonds is 7. The van der Waals surface area contributed by atoms with Crippen LogP contribution in [-0.4, -0.2) is 14.2 Å². The average molecular weight is 302 g/mol. The Kier molecular flexibility index (Phi) is 5.82. The van der Waals surface area contributed by atoms with Crippen molar-refractivity contribution in [3.05, 3.63) is 58.9 Å². The number of hydrogen-bond acceptors (Lipinski definition) is 2. The minimum absolute atomic E-state index is 0.189. The first kappa shape index (κ1) is 16.3. The number of methoxy groups -OCH3 is 2. The summed E-state index contributed by atoms with van der Waals surface area (Å²) in [7, 11) is 3.37. The van der Waals surface area contributed by atoms with Gasteiger partial charge in [0.05, 0.1) is 14.2 Å². The summed E-state index contributed by atoms with van der Waals surface area (Å²) in [6.07, 6.45) is 3.58. The fourth-order valence-corrected chi connectivity index (χ4v) is 2.66. The van der Waals surface area contributed by atoms with E-state index in [0.29, 0.717) is 0 Å². The Balaban J connectivity index is 2.20. The molecular weight excluding hydrogens is 279 g/mol. The molecule has 0 aliphatic heterocycles. The molecule has 0 radical (unpaired) electrons. The summed E-state index contributed by atoms with van der Waals surface area (Å²) < 4.78 is 24.3. The Hall–Kier alpha value is -2.03. The Labute approximate surface area is 131 Å². The van der Waals surface area contributed by atoms with Gasteiger partial charge < -0.3 is 9.47 Å². The molecular formula is C19H23FO2. The van der Waals surface area contributed by atoms with Crippen LogP contribution < -0.4 is 9.47 Å². The maximum atomic E-state index is 13.2. The summed E-state index contributed by atoms with van der Waals surface area (Å²) in [5, 5.41) is 0. The van der Waals surface area contributed by atoms with E-state index >= 15 is 0 Å². The second-order valence-electron chi connectivity index (χ2n) is 5.36. The van der Waals surface area contributed by atoms with Crippen LogP contribution in [0.2, 0.25) is 0 Å². The van der Waals surface area contributed by atoms with Crippen molar-refractivity contribution in [3.63, 3.8) is 0 Å². The van der Waals surface area contributed by atoms with E-state index in [1.807, 2.05) is 6.07 Å². The average Bonchev–Trinajstić information content (AvgIpc) is 2.53. The van der Waals surface area contributed by atoms with E-state index in [4.69, 9.17) is 9.47 Å². The molecule has 0 fully saturated rings. The van der Waals surface area contributed by atoms with Gasteiger partial charge in [0.15, 0.2) is 0 Å². The van der Waals surface area contributed by atoms with Crippen molar-refractivity contribution in [3.8, 4) is 11.5 Å². The molecule has 3 heteroatoms. The van der Waals surface area contributed by atoms with E-state index < -0.39 is 0 Å². The van der Waals surface area contributed by atoms with Crippen LogP contribution >= 0.6 is 0 Å². The van der Waals surface area contributed by atoms with Crippen LogP contribution in [0.4, 0.5) is 4.39 Å². The summed E-state index contributed by atoms with van der Waals surface area (Å²) in [6, 6.07) is 10.9. The number of halogens is 1. The van der Waals surface area contributed by atoms with Crippen LogP contribution in [0.25, 0.3) is 0 Å². The van der Waals surface area contributed by atoms with Gasteiger partial charge in [0, 0.05) is 5.56 Å². The highest BCUT2D eigenvalue weighted by molar-refractivity contribution is 5.48. The summed E-state index contributed by atoms with van der Waals surface area (Å²) in [5.41, 5.74) is 3.25. The van der Waals surface area contributed by atoms with Crippen LogP contribution in [0.5, 0.6) is 11.5 Å². The molecule has 0 aromatic heterocycles. The van der Waals surface area contributed by atoms with Crippen molar-refractivity contribution >= 4 is 0 Å². The van der Waals surface area contributed by atoms with Gasteiger partial charge in [-0.3, -0.25) is 0 Å². The molecule has 0 N–H and O–H groups in total. The Morgan fingerprint density at radius 2 is 1.50 bits per heavy atom. The van der Waals surface area contributed by atoms with Crippen LogP contribution in [0.1, 0.15) is 30.0 Å². The smallest absolute Gasteiger partial charge is 0.126 e. The zero-order valence-corrected chi connectivity index (χ0v) is 13.5. The van der Waals surface area contributed by atoms with Crippen molar-refractivity contribution in [2.45, 2.75) is 32.6 Å². The van der Waals surface area contributed by atoms with Crippen molar-refractivity contribution in [1.29, 1.82) is 0 Å². The lowest BCUT2D eigenvalue weighted by Gasteiger charge is -2.15. The number of hydrogen-bond donors (Lipinski definition) is 0. The van der Waals surface area contributed by atoms with E-state index in [-0.39, 0.29) is 5.82 Å². The maximum absolute atomic E-state index is 13.2. The largest absolute Gasteiger partial charge is 0.496 e. The monoisotopic (exact) mass is 302 g/mol. The van der Waals surface area contributed by atoms with Crippen molar-refractivity contribution < 1.29 is 13.9 Å². The molecule has 0 heterocycles. The van der Waals surface area contributed by atoms with Crippen LogP contribution in [0, 0.1) is 5.82 Å². The van der Waals surface area contributed by atoms with Gasteiger partial charge >= 0.3 is 0 Å². The zero-order valence-electron chi connectivity index (χ0n) is 13.5. The van der Waals surface area contributed by atoms with Gasteiger partial charge in [-0.2, -0.15) is 0 Å². The van der Waals surface area contributed by atoms with E-state index in [9.17, 15) is 4.39 Å². The third-order valence-electron chi connectivity index (χ3n) is 3.76. The minimum atomic E-state index is -0.189. The first-order valence-corrected chi connectivity index (χ1v) is 7.66. The third-order valence-corrected chi connectivity index (χ3v) is 3.76. The highest BCUT2D eigenvalue weighted by Crippen LogP contribution is 2.32. The van der Waals surface area contributed by atoms with E-state index in [1.54, 1.807) is 26.4 Å². The second-order valence-corrected chi connectivity index (χ2v) is 5.36. The molecule has 0 bridgehead atoms. The first-order valence-electron chi connectivity index (χ1n) is 7.66. The standard InChI is InChI=1S/C19H23FO2/c1-4-6-17-18(21-2)12-15(13-19(17)22-3)10-9-14-7-5-8-16(20)11-14/h5,7-8,11-13H,4,6,9-10H2,1-3H3. The molecule has 22 heavy (non-hydrogen) atoms.